The maximum absolute atomic E-state index is 14.1. The van der Waals surface area contributed by atoms with E-state index in [0.717, 1.165) is 44.9 Å². The number of amides is 1. The molecule has 1 unspecified atom stereocenters. The van der Waals surface area contributed by atoms with Crippen molar-refractivity contribution in [3.63, 3.8) is 0 Å². The van der Waals surface area contributed by atoms with Crippen LogP contribution in [0.2, 0.25) is 5.02 Å². The van der Waals surface area contributed by atoms with Crippen LogP contribution in [-0.2, 0) is 10.5 Å². The summed E-state index contributed by atoms with van der Waals surface area (Å²) in [7, 11) is 0. The van der Waals surface area contributed by atoms with E-state index in [4.69, 9.17) is 16.6 Å². The summed E-state index contributed by atoms with van der Waals surface area (Å²) in [6.07, 6.45) is 0. The second-order valence-corrected chi connectivity index (χ2v) is 8.72. The quantitative estimate of drug-likeness (QED) is 0.437. The van der Waals surface area contributed by atoms with Crippen LogP contribution in [0, 0.1) is 13.8 Å². The van der Waals surface area contributed by atoms with Gasteiger partial charge in [-0.1, -0.05) is 23.7 Å². The van der Waals surface area contributed by atoms with Gasteiger partial charge in [-0.05, 0) is 74.4 Å². The maximum atomic E-state index is 14.1. The monoisotopic (exact) mass is 428 g/mol. The number of likely N-dealkylation sites (N-methyl/N-ethyl adjacent to an activating group) is 1. The third-order valence-corrected chi connectivity index (χ3v) is 6.83. The predicted molar refractivity (Wildman–Crippen MR) is 125 cm³/mol. The molecular formula is C25H21ClN4O. The van der Waals surface area contributed by atoms with Crippen LogP contribution >= 0.6 is 11.6 Å². The lowest BCUT2D eigenvalue weighted by Gasteiger charge is -2.38. The molecule has 4 aromatic rings. The Bertz CT molecular complexity index is 1420. The second kappa shape index (κ2) is 6.11. The first-order valence-electron chi connectivity index (χ1n) is 10.5. The van der Waals surface area contributed by atoms with Crippen molar-refractivity contribution < 1.29 is 4.79 Å². The molecule has 2 aliphatic rings. The Morgan fingerprint density at radius 2 is 1.84 bits per heavy atom. The van der Waals surface area contributed by atoms with Crippen molar-refractivity contribution in [2.24, 2.45) is 0 Å². The standard InChI is InChI=1S/C25H21ClN4O/c1-4-29-21-10-9-16(26)13-18(21)25(24(29)31)28-19-8-6-5-7-17(19)23-27-20-11-14(2)15(3)12-22(20)30(23)25/h5-13,28H,4H2,1-3H3. The van der Waals surface area contributed by atoms with Crippen molar-refractivity contribution in [1.82, 2.24) is 9.55 Å². The van der Waals surface area contributed by atoms with Gasteiger partial charge in [0.1, 0.15) is 5.82 Å². The maximum Gasteiger partial charge on any atom is 0.279 e. The molecule has 1 spiro atoms. The summed E-state index contributed by atoms with van der Waals surface area (Å²) in [5.41, 5.74) is 6.58. The van der Waals surface area contributed by atoms with Crippen LogP contribution in [0.5, 0.6) is 0 Å². The molecule has 1 amide bonds. The lowest BCUT2D eigenvalue weighted by molar-refractivity contribution is -0.123. The van der Waals surface area contributed by atoms with E-state index in [9.17, 15) is 4.79 Å². The molecule has 2 aliphatic heterocycles. The molecule has 0 saturated carbocycles. The number of halogens is 1. The number of hydrogen-bond acceptors (Lipinski definition) is 3. The summed E-state index contributed by atoms with van der Waals surface area (Å²) in [5.74, 6) is 0.757. The number of nitrogens with zero attached hydrogens (tertiary/aromatic N) is 3. The Morgan fingerprint density at radius 1 is 1.06 bits per heavy atom. The molecule has 154 valence electrons. The van der Waals surface area contributed by atoms with E-state index in [1.54, 1.807) is 0 Å². The molecule has 0 aliphatic carbocycles. The number of aromatic nitrogens is 2. The molecule has 0 fully saturated rings. The smallest absolute Gasteiger partial charge is 0.279 e. The van der Waals surface area contributed by atoms with Crippen molar-refractivity contribution in [2.45, 2.75) is 26.4 Å². The first kappa shape index (κ1) is 18.5. The molecule has 0 radical (unpaired) electrons. The van der Waals surface area contributed by atoms with E-state index in [-0.39, 0.29) is 5.91 Å². The Kier molecular flexibility index (Phi) is 3.64. The van der Waals surface area contributed by atoms with Crippen molar-refractivity contribution in [3.8, 4) is 11.4 Å². The molecule has 3 aromatic carbocycles. The highest BCUT2D eigenvalue weighted by Crippen LogP contribution is 2.51. The fourth-order valence-corrected chi connectivity index (χ4v) is 5.17. The summed E-state index contributed by atoms with van der Waals surface area (Å²) in [5, 5.41) is 4.21. The van der Waals surface area contributed by atoms with Crippen LogP contribution in [0.25, 0.3) is 22.4 Å². The fraction of sp³-hybridized carbons (Fsp3) is 0.200. The number of para-hydroxylation sites is 1. The number of carbonyl (C=O) groups excluding carboxylic acids is 1. The molecule has 3 heterocycles. The summed E-state index contributed by atoms with van der Waals surface area (Å²) >= 11 is 6.45. The molecule has 1 aromatic heterocycles. The third-order valence-electron chi connectivity index (χ3n) is 6.60. The Labute approximate surface area is 185 Å². The first-order valence-corrected chi connectivity index (χ1v) is 10.8. The number of aryl methyl sites for hydroxylation is 2. The van der Waals surface area contributed by atoms with Crippen LogP contribution < -0.4 is 10.2 Å². The van der Waals surface area contributed by atoms with Crippen LogP contribution in [0.4, 0.5) is 11.4 Å². The number of imidazole rings is 1. The van der Waals surface area contributed by atoms with E-state index < -0.39 is 5.66 Å². The highest BCUT2D eigenvalue weighted by Gasteiger charge is 2.56. The zero-order chi connectivity index (χ0) is 21.5. The highest BCUT2D eigenvalue weighted by atomic mass is 35.5. The van der Waals surface area contributed by atoms with Gasteiger partial charge in [0, 0.05) is 28.4 Å². The molecule has 1 atom stereocenters. The molecule has 31 heavy (non-hydrogen) atoms. The average molecular weight is 429 g/mol. The average Bonchev–Trinajstić information content (AvgIpc) is 3.23. The van der Waals surface area contributed by atoms with E-state index >= 15 is 0 Å². The number of fused-ring (bicyclic) bond motifs is 8. The second-order valence-electron chi connectivity index (χ2n) is 8.29. The lowest BCUT2D eigenvalue weighted by Crippen LogP contribution is -2.53. The Balaban J connectivity index is 1.80. The van der Waals surface area contributed by atoms with E-state index in [1.807, 2.05) is 54.3 Å². The molecule has 6 rings (SSSR count). The van der Waals surface area contributed by atoms with Crippen molar-refractivity contribution in [2.75, 3.05) is 16.8 Å². The van der Waals surface area contributed by atoms with Crippen molar-refractivity contribution in [3.05, 3.63) is 76.3 Å². The molecule has 6 heteroatoms. The van der Waals surface area contributed by atoms with E-state index in [1.165, 1.54) is 5.56 Å². The zero-order valence-electron chi connectivity index (χ0n) is 17.5. The minimum atomic E-state index is -1.14. The summed E-state index contributed by atoms with van der Waals surface area (Å²) in [4.78, 5) is 21.0. The van der Waals surface area contributed by atoms with E-state index in [0.29, 0.717) is 11.6 Å². The van der Waals surface area contributed by atoms with Gasteiger partial charge in [0.05, 0.1) is 16.7 Å². The van der Waals surface area contributed by atoms with Crippen LogP contribution in [0.1, 0.15) is 23.6 Å². The molecule has 0 bridgehead atoms. The highest BCUT2D eigenvalue weighted by molar-refractivity contribution is 6.31. The molecule has 5 nitrogen and oxygen atoms in total. The number of nitrogens with one attached hydrogen (secondary N) is 1. The van der Waals surface area contributed by atoms with Gasteiger partial charge < -0.3 is 10.2 Å². The number of anilines is 2. The number of carbonyl (C=O) groups is 1. The molecular weight excluding hydrogens is 408 g/mol. The van der Waals surface area contributed by atoms with Crippen LogP contribution in [0.15, 0.2) is 54.6 Å². The minimum absolute atomic E-state index is 0.0273. The normalized spacial score (nSPS) is 18.8. The van der Waals surface area contributed by atoms with Gasteiger partial charge in [-0.25, -0.2) is 4.98 Å². The van der Waals surface area contributed by atoms with Crippen molar-refractivity contribution in [1.29, 1.82) is 0 Å². The zero-order valence-corrected chi connectivity index (χ0v) is 18.3. The van der Waals surface area contributed by atoms with Gasteiger partial charge in [0.25, 0.3) is 5.91 Å². The number of hydrogen-bond donors (Lipinski definition) is 1. The summed E-state index contributed by atoms with van der Waals surface area (Å²) in [6.45, 7) is 6.74. The van der Waals surface area contributed by atoms with Gasteiger partial charge in [-0.3, -0.25) is 9.36 Å². The minimum Gasteiger partial charge on any atom is -0.350 e. The van der Waals surface area contributed by atoms with Crippen molar-refractivity contribution >= 4 is 39.9 Å². The summed E-state index contributed by atoms with van der Waals surface area (Å²) in [6, 6.07) is 17.9. The Hall–Kier alpha value is -3.31. The fourth-order valence-electron chi connectivity index (χ4n) is 4.99. The summed E-state index contributed by atoms with van der Waals surface area (Å²) < 4.78 is 2.07. The molecule has 0 saturated heterocycles. The van der Waals surface area contributed by atoms with Gasteiger partial charge in [-0.15, -0.1) is 0 Å². The Morgan fingerprint density at radius 3 is 2.65 bits per heavy atom. The topological polar surface area (TPSA) is 50.2 Å². The SMILES string of the molecule is CCN1C(=O)C2(Nc3ccccc3-c3nc4cc(C)c(C)cc4n32)c2cc(Cl)ccc21. The van der Waals surface area contributed by atoms with E-state index in [2.05, 4.69) is 35.9 Å². The van der Waals surface area contributed by atoms with Crippen LogP contribution in [0.3, 0.4) is 0 Å². The van der Waals surface area contributed by atoms with Gasteiger partial charge in [-0.2, -0.15) is 0 Å². The number of benzene rings is 3. The predicted octanol–water partition coefficient (Wildman–Crippen LogP) is 5.47. The first-order chi connectivity index (χ1) is 15.0. The van der Waals surface area contributed by atoms with Gasteiger partial charge in [0.15, 0.2) is 0 Å². The van der Waals surface area contributed by atoms with Gasteiger partial charge >= 0.3 is 0 Å². The van der Waals surface area contributed by atoms with Gasteiger partial charge in [0.2, 0.25) is 5.66 Å². The largest absolute Gasteiger partial charge is 0.350 e. The number of rotatable bonds is 1. The lowest BCUT2D eigenvalue weighted by atomic mass is 9.95. The molecule has 1 N–H and O–H groups in total. The third kappa shape index (κ3) is 2.22. The van der Waals surface area contributed by atoms with Crippen LogP contribution in [-0.4, -0.2) is 22.0 Å².